The summed E-state index contributed by atoms with van der Waals surface area (Å²) < 4.78 is 34.5. The molecule has 0 fully saturated rings. The van der Waals surface area contributed by atoms with Gasteiger partial charge in [0, 0.05) is 30.2 Å². The number of rotatable bonds is 11. The summed E-state index contributed by atoms with van der Waals surface area (Å²) in [6, 6.07) is 9.97. The maximum atomic E-state index is 15.7. The third-order valence-corrected chi connectivity index (χ3v) is 8.05. The number of aromatic nitrogens is 4. The number of ether oxygens (including phenoxy) is 2. The summed E-state index contributed by atoms with van der Waals surface area (Å²) >= 11 is 0. The van der Waals surface area contributed by atoms with Crippen LogP contribution in [0, 0.1) is 5.82 Å². The van der Waals surface area contributed by atoms with Crippen molar-refractivity contribution in [1.82, 2.24) is 24.6 Å². The van der Waals surface area contributed by atoms with Gasteiger partial charge in [0.05, 0.1) is 46.4 Å². The molecule has 2 N–H and O–H groups in total. The molecule has 0 saturated carbocycles. The van der Waals surface area contributed by atoms with E-state index in [2.05, 4.69) is 28.3 Å². The van der Waals surface area contributed by atoms with E-state index in [0.29, 0.717) is 17.3 Å². The lowest BCUT2D eigenvalue weighted by atomic mass is 10.0. The van der Waals surface area contributed by atoms with Crippen molar-refractivity contribution in [2.24, 2.45) is 0 Å². The van der Waals surface area contributed by atoms with Gasteiger partial charge in [-0.15, -0.1) is 13.2 Å². The number of hydrogen-bond acceptors (Lipinski definition) is 7. The number of nitrogens with zero attached hydrogens (tertiary/aromatic N) is 3. The number of carbonyl (C=O) groups is 2. The second-order valence-corrected chi connectivity index (χ2v) is 12.6. The van der Waals surface area contributed by atoms with Crippen molar-refractivity contribution in [3.8, 4) is 11.1 Å². The Hall–Kier alpha value is -5.91. The van der Waals surface area contributed by atoms with Crippen molar-refractivity contribution in [3.05, 3.63) is 113 Å². The molecule has 49 heavy (non-hydrogen) atoms. The summed E-state index contributed by atoms with van der Waals surface area (Å²) in [5, 5.41) is 8.55. The van der Waals surface area contributed by atoms with Gasteiger partial charge in [0.25, 0.3) is 5.56 Å². The molecule has 0 aliphatic rings. The molecule has 11 nitrogen and oxygen atoms in total. The maximum Gasteiger partial charge on any atom is 0.410 e. The Kier molecular flexibility index (Phi) is 8.96. The molecular formula is C37H36FN5O6. The van der Waals surface area contributed by atoms with Crippen LogP contribution in [-0.4, -0.2) is 62.0 Å². The molecule has 0 aliphatic carbocycles. The number of carbonyl (C=O) groups excluding carboxylic acids is 2. The molecular weight excluding hydrogens is 629 g/mol. The van der Waals surface area contributed by atoms with Crippen molar-refractivity contribution >= 4 is 44.8 Å². The van der Waals surface area contributed by atoms with E-state index in [1.54, 1.807) is 55.8 Å². The number of amides is 1. The van der Waals surface area contributed by atoms with E-state index in [-0.39, 0.29) is 54.0 Å². The van der Waals surface area contributed by atoms with Gasteiger partial charge in [-0.3, -0.25) is 9.89 Å². The van der Waals surface area contributed by atoms with Crippen LogP contribution in [0.4, 0.5) is 9.18 Å². The number of halogens is 1. The van der Waals surface area contributed by atoms with E-state index in [1.807, 2.05) is 12.1 Å². The number of benzene rings is 2. The van der Waals surface area contributed by atoms with Crippen molar-refractivity contribution in [2.45, 2.75) is 39.3 Å². The van der Waals surface area contributed by atoms with Gasteiger partial charge in [-0.2, -0.15) is 5.10 Å². The van der Waals surface area contributed by atoms with Crippen LogP contribution in [0.15, 0.2) is 89.6 Å². The standard InChI is InChI=1S/C37H36FN5O6/c1-6-9-22-18-28-23(20-40-41-28)17-24(22)21-43-29-19-27(38)25-11-15-47-33(25)31(29)30(26-10-8-12-39-34(26)44)32(43)35(45)48-16-14-42(13-7-2)36(46)49-37(3,4)5/h6-8,10-12,15,17-20H,1-2,9,13-14,16,21H2,3-5H3,(H,39,44)(H,40,41). The van der Waals surface area contributed by atoms with Crippen LogP contribution < -0.4 is 5.56 Å². The van der Waals surface area contributed by atoms with Crippen LogP contribution in [0.1, 0.15) is 42.4 Å². The highest BCUT2D eigenvalue weighted by Gasteiger charge is 2.31. The first-order valence-electron chi connectivity index (χ1n) is 15.7. The molecule has 2 aromatic carbocycles. The lowest BCUT2D eigenvalue weighted by Crippen LogP contribution is -2.39. The number of fused-ring (bicyclic) bond motifs is 4. The topological polar surface area (TPSA) is 135 Å². The molecule has 1 amide bonds. The Labute approximate surface area is 280 Å². The number of H-pyrrole nitrogens is 2. The summed E-state index contributed by atoms with van der Waals surface area (Å²) in [5.74, 6) is -1.34. The Morgan fingerprint density at radius 3 is 2.69 bits per heavy atom. The average Bonchev–Trinajstić information content (AvgIpc) is 3.79. The summed E-state index contributed by atoms with van der Waals surface area (Å²) in [6.45, 7) is 13.0. The average molecular weight is 666 g/mol. The fourth-order valence-corrected chi connectivity index (χ4v) is 5.97. The van der Waals surface area contributed by atoms with E-state index < -0.39 is 29.0 Å². The predicted molar refractivity (Wildman–Crippen MR) is 185 cm³/mol. The highest BCUT2D eigenvalue weighted by atomic mass is 19.1. The van der Waals surface area contributed by atoms with E-state index >= 15 is 4.39 Å². The van der Waals surface area contributed by atoms with Gasteiger partial charge in [0.1, 0.15) is 29.3 Å². The van der Waals surface area contributed by atoms with Crippen molar-refractivity contribution < 1.29 is 27.9 Å². The molecule has 0 spiro atoms. The van der Waals surface area contributed by atoms with E-state index in [1.165, 1.54) is 29.5 Å². The van der Waals surface area contributed by atoms with Crippen molar-refractivity contribution in [2.75, 3.05) is 19.7 Å². The lowest BCUT2D eigenvalue weighted by Gasteiger charge is -2.26. The quantitative estimate of drug-likeness (QED) is 0.111. The molecule has 12 heteroatoms. The first-order valence-corrected chi connectivity index (χ1v) is 15.7. The smallest absolute Gasteiger partial charge is 0.410 e. The zero-order valence-corrected chi connectivity index (χ0v) is 27.5. The normalized spacial score (nSPS) is 11.7. The lowest BCUT2D eigenvalue weighted by molar-refractivity contribution is 0.0187. The molecule has 0 atom stereocenters. The molecule has 6 aromatic rings. The second kappa shape index (κ2) is 13.3. The van der Waals surface area contributed by atoms with Crippen LogP contribution in [0.2, 0.25) is 0 Å². The SMILES string of the molecule is C=CCc1cc2[nH]ncc2cc1Cn1c(C(=O)OCCN(CC=C)C(=O)OC(C)(C)C)c(-c2ccc[nH]c2=O)c2c3occc3c(F)cc21. The number of hydrogen-bond donors (Lipinski definition) is 2. The van der Waals surface area contributed by atoms with Gasteiger partial charge in [0.15, 0.2) is 0 Å². The Balaban J connectivity index is 1.52. The number of nitrogens with one attached hydrogen (secondary N) is 2. The summed E-state index contributed by atoms with van der Waals surface area (Å²) in [7, 11) is 0. The number of aromatic amines is 2. The second-order valence-electron chi connectivity index (χ2n) is 12.6. The first-order chi connectivity index (χ1) is 23.5. The third kappa shape index (κ3) is 6.49. The van der Waals surface area contributed by atoms with Gasteiger partial charge in [-0.1, -0.05) is 12.2 Å². The van der Waals surface area contributed by atoms with Gasteiger partial charge >= 0.3 is 12.1 Å². The third-order valence-electron chi connectivity index (χ3n) is 8.05. The van der Waals surface area contributed by atoms with Gasteiger partial charge < -0.3 is 28.3 Å². The highest BCUT2D eigenvalue weighted by molar-refractivity contribution is 6.17. The predicted octanol–water partition coefficient (Wildman–Crippen LogP) is 7.11. The highest BCUT2D eigenvalue weighted by Crippen LogP contribution is 2.41. The molecule has 6 rings (SSSR count). The number of allylic oxidation sites excluding steroid dienone is 1. The zero-order valence-electron chi connectivity index (χ0n) is 27.5. The molecule has 0 aliphatic heterocycles. The Morgan fingerprint density at radius 2 is 1.96 bits per heavy atom. The maximum absolute atomic E-state index is 15.7. The molecule has 0 radical (unpaired) electrons. The van der Waals surface area contributed by atoms with Gasteiger partial charge in [-0.05, 0) is 74.7 Å². The molecule has 4 aromatic heterocycles. The van der Waals surface area contributed by atoms with Crippen LogP contribution in [0.3, 0.4) is 0 Å². The van der Waals surface area contributed by atoms with E-state index in [0.717, 1.165) is 22.0 Å². The van der Waals surface area contributed by atoms with Crippen LogP contribution in [0.5, 0.6) is 0 Å². The molecule has 0 unspecified atom stereocenters. The van der Waals surface area contributed by atoms with Crippen molar-refractivity contribution in [3.63, 3.8) is 0 Å². The van der Waals surface area contributed by atoms with Crippen molar-refractivity contribution in [1.29, 1.82) is 0 Å². The molecule has 4 heterocycles. The summed E-state index contributed by atoms with van der Waals surface area (Å²) in [5.41, 5.74) is 2.26. The fraction of sp³-hybridized carbons (Fsp3) is 0.243. The minimum absolute atomic E-state index is 0.00581. The number of pyridine rings is 1. The minimum Gasteiger partial charge on any atom is -0.463 e. The number of furan rings is 1. The molecule has 0 saturated heterocycles. The summed E-state index contributed by atoms with van der Waals surface area (Å²) in [6.07, 6.45) is 7.78. The zero-order chi connectivity index (χ0) is 34.9. The van der Waals surface area contributed by atoms with Crippen LogP contribution >= 0.6 is 0 Å². The molecule has 0 bridgehead atoms. The monoisotopic (exact) mass is 665 g/mol. The van der Waals surface area contributed by atoms with Gasteiger partial charge in [-0.25, -0.2) is 14.0 Å². The van der Waals surface area contributed by atoms with Crippen LogP contribution in [0.25, 0.3) is 43.9 Å². The molecule has 252 valence electrons. The largest absolute Gasteiger partial charge is 0.463 e. The first kappa shape index (κ1) is 33.0. The van der Waals surface area contributed by atoms with E-state index in [4.69, 9.17) is 13.9 Å². The Morgan fingerprint density at radius 1 is 1.14 bits per heavy atom. The van der Waals surface area contributed by atoms with E-state index in [9.17, 15) is 14.4 Å². The minimum atomic E-state index is -0.785. The fourth-order valence-electron chi connectivity index (χ4n) is 5.97. The summed E-state index contributed by atoms with van der Waals surface area (Å²) in [4.78, 5) is 44.6. The Bertz CT molecular complexity index is 2290. The number of esters is 1. The van der Waals surface area contributed by atoms with Crippen LogP contribution in [-0.2, 0) is 22.4 Å². The van der Waals surface area contributed by atoms with Gasteiger partial charge in [0.2, 0.25) is 0 Å².